The highest BCUT2D eigenvalue weighted by Gasteiger charge is 1.96. The van der Waals surface area contributed by atoms with E-state index in [0.717, 1.165) is 5.69 Å². The molecule has 0 unspecified atom stereocenters. The van der Waals surface area contributed by atoms with Crippen molar-refractivity contribution in [3.8, 4) is 0 Å². The van der Waals surface area contributed by atoms with Gasteiger partial charge < -0.3 is 4.40 Å². The van der Waals surface area contributed by atoms with Crippen LogP contribution in [0.4, 0.5) is 0 Å². The van der Waals surface area contributed by atoms with Crippen molar-refractivity contribution in [2.75, 3.05) is 0 Å². The number of aromatic nitrogens is 2. The molecule has 0 saturated heterocycles. The van der Waals surface area contributed by atoms with Crippen LogP contribution in [0, 0.1) is 13.8 Å². The van der Waals surface area contributed by atoms with Gasteiger partial charge in [-0.2, -0.15) is 0 Å². The van der Waals surface area contributed by atoms with Gasteiger partial charge in [-0.1, -0.05) is 19.9 Å². The first-order chi connectivity index (χ1) is 6.27. The van der Waals surface area contributed by atoms with Gasteiger partial charge in [-0.15, -0.1) is 0 Å². The second kappa shape index (κ2) is 4.08. The molecule has 0 aromatic carbocycles. The Morgan fingerprint density at radius 1 is 1.15 bits per heavy atom. The molecule has 0 N–H and O–H groups in total. The van der Waals surface area contributed by atoms with Gasteiger partial charge in [0.15, 0.2) is 0 Å². The maximum atomic E-state index is 4.20. The first kappa shape index (κ1) is 9.78. The highest BCUT2D eigenvalue weighted by molar-refractivity contribution is 5.51. The number of rotatable bonds is 0. The number of imidazole rings is 1. The average Bonchev–Trinajstić information content (AvgIpc) is 2.51. The van der Waals surface area contributed by atoms with Gasteiger partial charge in [-0.05, 0) is 25.5 Å². The van der Waals surface area contributed by atoms with Crippen molar-refractivity contribution in [2.24, 2.45) is 0 Å². The highest BCUT2D eigenvalue weighted by atomic mass is 15.0. The summed E-state index contributed by atoms with van der Waals surface area (Å²) >= 11 is 0. The molecule has 0 atom stereocenters. The molecule has 0 amide bonds. The normalized spacial score (nSPS) is 9.54. The number of nitrogens with zero attached hydrogens (tertiary/aromatic N) is 2. The van der Waals surface area contributed by atoms with Crippen LogP contribution in [0.15, 0.2) is 24.7 Å². The summed E-state index contributed by atoms with van der Waals surface area (Å²) in [4.78, 5) is 4.20. The first-order valence-electron chi connectivity index (χ1n) is 4.67. The summed E-state index contributed by atoms with van der Waals surface area (Å²) in [6, 6.07) is 4.20. The summed E-state index contributed by atoms with van der Waals surface area (Å²) in [5, 5.41) is 0. The van der Waals surface area contributed by atoms with Crippen molar-refractivity contribution >= 4 is 5.52 Å². The Morgan fingerprint density at radius 2 is 1.85 bits per heavy atom. The van der Waals surface area contributed by atoms with Crippen LogP contribution in [0.25, 0.3) is 5.52 Å². The van der Waals surface area contributed by atoms with E-state index in [0.29, 0.717) is 0 Å². The van der Waals surface area contributed by atoms with Crippen LogP contribution in [0.3, 0.4) is 0 Å². The summed E-state index contributed by atoms with van der Waals surface area (Å²) in [5.74, 6) is 0. The molecule has 0 spiro atoms. The SMILES string of the molecule is CC.Cc1ccc2c(C)ncn2c1. The number of hydrogen-bond donors (Lipinski definition) is 0. The smallest absolute Gasteiger partial charge is 0.0995 e. The van der Waals surface area contributed by atoms with Crippen LogP contribution in [-0.4, -0.2) is 9.38 Å². The molecule has 0 aliphatic heterocycles. The van der Waals surface area contributed by atoms with E-state index in [-0.39, 0.29) is 0 Å². The minimum atomic E-state index is 1.09. The van der Waals surface area contributed by atoms with Crippen LogP contribution in [0.1, 0.15) is 25.1 Å². The molecule has 2 heterocycles. The number of pyridine rings is 1. The molecule has 2 aromatic rings. The van der Waals surface area contributed by atoms with Crippen LogP contribution in [0.2, 0.25) is 0 Å². The van der Waals surface area contributed by atoms with Gasteiger partial charge in [-0.25, -0.2) is 4.98 Å². The topological polar surface area (TPSA) is 17.3 Å². The van der Waals surface area contributed by atoms with Gasteiger partial charge in [0.1, 0.15) is 0 Å². The van der Waals surface area contributed by atoms with Crippen molar-refractivity contribution in [3.05, 3.63) is 35.9 Å². The van der Waals surface area contributed by atoms with Gasteiger partial charge in [0.2, 0.25) is 0 Å². The second-order valence-corrected chi connectivity index (χ2v) is 2.83. The number of aryl methyl sites for hydroxylation is 2. The Balaban J connectivity index is 0.000000396. The van der Waals surface area contributed by atoms with Crippen molar-refractivity contribution in [1.82, 2.24) is 9.38 Å². The van der Waals surface area contributed by atoms with Crippen LogP contribution >= 0.6 is 0 Å². The summed E-state index contributed by atoms with van der Waals surface area (Å²) in [7, 11) is 0. The van der Waals surface area contributed by atoms with Crippen molar-refractivity contribution in [2.45, 2.75) is 27.7 Å². The summed E-state index contributed by atoms with van der Waals surface area (Å²) < 4.78 is 2.05. The average molecular weight is 176 g/mol. The van der Waals surface area contributed by atoms with Crippen molar-refractivity contribution < 1.29 is 0 Å². The fraction of sp³-hybridized carbons (Fsp3) is 0.364. The molecule has 2 aromatic heterocycles. The van der Waals surface area contributed by atoms with Crippen LogP contribution in [0.5, 0.6) is 0 Å². The molecule has 2 rings (SSSR count). The lowest BCUT2D eigenvalue weighted by molar-refractivity contribution is 1.13. The summed E-state index contributed by atoms with van der Waals surface area (Å²) in [6.45, 7) is 8.10. The monoisotopic (exact) mass is 176 g/mol. The van der Waals surface area contributed by atoms with E-state index in [4.69, 9.17) is 0 Å². The molecule has 0 fully saturated rings. The Morgan fingerprint density at radius 3 is 2.54 bits per heavy atom. The second-order valence-electron chi connectivity index (χ2n) is 2.83. The van der Waals surface area contributed by atoms with E-state index >= 15 is 0 Å². The Bertz CT molecular complexity index is 388. The predicted molar refractivity (Wildman–Crippen MR) is 56.0 cm³/mol. The van der Waals surface area contributed by atoms with E-state index in [2.05, 4.69) is 30.2 Å². The standard InChI is InChI=1S/C9H10N2.C2H6/c1-7-3-4-9-8(2)10-6-11(9)5-7;1-2/h3-6H,1-2H3;1-2H3. The molecule has 0 aliphatic carbocycles. The third kappa shape index (κ3) is 1.89. The van der Waals surface area contributed by atoms with E-state index in [1.165, 1.54) is 11.1 Å². The van der Waals surface area contributed by atoms with Gasteiger partial charge in [-0.3, -0.25) is 0 Å². The van der Waals surface area contributed by atoms with Gasteiger partial charge in [0.05, 0.1) is 17.5 Å². The quantitative estimate of drug-likeness (QED) is 0.603. The van der Waals surface area contributed by atoms with Crippen molar-refractivity contribution in [3.63, 3.8) is 0 Å². The third-order valence-electron chi connectivity index (χ3n) is 1.87. The molecule has 0 radical (unpaired) electrons. The first-order valence-corrected chi connectivity index (χ1v) is 4.67. The maximum Gasteiger partial charge on any atom is 0.0995 e. The lowest BCUT2D eigenvalue weighted by Gasteiger charge is -1.94. The Hall–Kier alpha value is -1.31. The van der Waals surface area contributed by atoms with Crippen LogP contribution < -0.4 is 0 Å². The van der Waals surface area contributed by atoms with E-state index in [9.17, 15) is 0 Å². The fourth-order valence-electron chi connectivity index (χ4n) is 1.25. The molecule has 2 nitrogen and oxygen atoms in total. The fourth-order valence-corrected chi connectivity index (χ4v) is 1.25. The zero-order valence-corrected chi connectivity index (χ0v) is 8.70. The van der Waals surface area contributed by atoms with Crippen molar-refractivity contribution in [1.29, 1.82) is 0 Å². The van der Waals surface area contributed by atoms with Gasteiger partial charge in [0.25, 0.3) is 0 Å². The predicted octanol–water partition coefficient (Wildman–Crippen LogP) is 2.98. The zero-order chi connectivity index (χ0) is 9.84. The van der Waals surface area contributed by atoms with E-state index in [1.807, 2.05) is 31.5 Å². The third-order valence-corrected chi connectivity index (χ3v) is 1.87. The Kier molecular flexibility index (Phi) is 3.07. The zero-order valence-electron chi connectivity index (χ0n) is 8.70. The molecule has 0 saturated carbocycles. The lowest BCUT2D eigenvalue weighted by atomic mass is 10.3. The molecule has 0 aliphatic rings. The minimum absolute atomic E-state index is 1.09. The molecule has 0 bridgehead atoms. The Labute approximate surface area is 79.2 Å². The molecular formula is C11H16N2. The summed E-state index contributed by atoms with van der Waals surface area (Å²) in [6.07, 6.45) is 3.92. The minimum Gasteiger partial charge on any atom is -0.306 e. The van der Waals surface area contributed by atoms with Gasteiger partial charge in [0, 0.05) is 6.20 Å². The number of fused-ring (bicyclic) bond motifs is 1. The van der Waals surface area contributed by atoms with Gasteiger partial charge >= 0.3 is 0 Å². The van der Waals surface area contributed by atoms with E-state index < -0.39 is 0 Å². The highest BCUT2D eigenvalue weighted by Crippen LogP contribution is 2.08. The molecule has 2 heteroatoms. The number of hydrogen-bond acceptors (Lipinski definition) is 1. The maximum absolute atomic E-state index is 4.20. The summed E-state index contributed by atoms with van der Waals surface area (Å²) in [5.41, 5.74) is 3.54. The molecule has 70 valence electrons. The van der Waals surface area contributed by atoms with Crippen LogP contribution in [-0.2, 0) is 0 Å². The molecule has 13 heavy (non-hydrogen) atoms. The largest absolute Gasteiger partial charge is 0.306 e. The van der Waals surface area contributed by atoms with E-state index in [1.54, 1.807) is 0 Å². The molecular weight excluding hydrogens is 160 g/mol. The lowest BCUT2D eigenvalue weighted by Crippen LogP contribution is -1.82.